The fourth-order valence-electron chi connectivity index (χ4n) is 2.26. The van der Waals surface area contributed by atoms with E-state index in [2.05, 4.69) is 6.92 Å². The van der Waals surface area contributed by atoms with Crippen molar-refractivity contribution in [1.29, 1.82) is 0 Å². The zero-order valence-corrected chi connectivity index (χ0v) is 13.0. The largest absolute Gasteiger partial charge is 0.396 e. The van der Waals surface area contributed by atoms with E-state index in [1.807, 2.05) is 0 Å². The molecule has 0 aliphatic rings. The van der Waals surface area contributed by atoms with Crippen LogP contribution in [0.2, 0.25) is 0 Å². The molecule has 5 heteroatoms. The summed E-state index contributed by atoms with van der Waals surface area (Å²) in [5.74, 6) is 0. The van der Waals surface area contributed by atoms with Crippen LogP contribution in [0.15, 0.2) is 0 Å². The van der Waals surface area contributed by atoms with E-state index in [0.29, 0.717) is 19.3 Å². The average molecular weight is 294 g/mol. The molecule has 0 saturated heterocycles. The minimum atomic E-state index is -3.91. The molecular formula is C14H30O4S. The smallest absolute Gasteiger partial charge is 0.267 e. The number of aliphatic hydroxyl groups excluding tert-OH is 1. The van der Waals surface area contributed by atoms with Crippen molar-refractivity contribution in [1.82, 2.24) is 0 Å². The second-order valence-corrected chi connectivity index (χ2v) is 6.96. The molecule has 0 bridgehead atoms. The van der Waals surface area contributed by atoms with Crippen molar-refractivity contribution in [2.75, 3.05) is 6.61 Å². The molecule has 0 radical (unpaired) electrons. The Morgan fingerprint density at radius 2 is 1.32 bits per heavy atom. The number of hydrogen-bond acceptors (Lipinski definition) is 3. The van der Waals surface area contributed by atoms with Gasteiger partial charge in [-0.1, -0.05) is 58.3 Å². The zero-order valence-electron chi connectivity index (χ0n) is 12.2. The maximum atomic E-state index is 11.3. The molecule has 0 spiro atoms. The van der Waals surface area contributed by atoms with Gasteiger partial charge in [0.15, 0.2) is 0 Å². The van der Waals surface area contributed by atoms with E-state index in [1.165, 1.54) is 19.3 Å². The Morgan fingerprint density at radius 3 is 1.79 bits per heavy atom. The first-order valence-electron chi connectivity index (χ1n) is 7.59. The normalized spacial score (nSPS) is 13.6. The summed E-state index contributed by atoms with van der Waals surface area (Å²) in [4.78, 5) is 0. The van der Waals surface area contributed by atoms with Gasteiger partial charge in [-0.05, 0) is 19.3 Å². The van der Waals surface area contributed by atoms with Crippen molar-refractivity contribution in [3.63, 3.8) is 0 Å². The highest BCUT2D eigenvalue weighted by Gasteiger charge is 2.21. The van der Waals surface area contributed by atoms with Crippen molar-refractivity contribution < 1.29 is 18.1 Å². The van der Waals surface area contributed by atoms with Gasteiger partial charge in [-0.3, -0.25) is 4.55 Å². The van der Waals surface area contributed by atoms with Crippen LogP contribution in [0.25, 0.3) is 0 Å². The predicted molar refractivity (Wildman–Crippen MR) is 78.9 cm³/mol. The molecule has 0 saturated carbocycles. The molecule has 0 heterocycles. The Morgan fingerprint density at radius 1 is 0.842 bits per heavy atom. The fourth-order valence-corrected chi connectivity index (χ4v) is 3.18. The van der Waals surface area contributed by atoms with Crippen LogP contribution in [-0.2, 0) is 10.1 Å². The van der Waals surface area contributed by atoms with Crippen LogP contribution in [0, 0.1) is 0 Å². The molecule has 1 unspecified atom stereocenters. The molecule has 0 fully saturated rings. The van der Waals surface area contributed by atoms with Gasteiger partial charge in [-0.2, -0.15) is 8.42 Å². The molecule has 116 valence electrons. The summed E-state index contributed by atoms with van der Waals surface area (Å²) in [5.41, 5.74) is 0. The van der Waals surface area contributed by atoms with Crippen LogP contribution in [0.1, 0.15) is 77.6 Å². The summed E-state index contributed by atoms with van der Waals surface area (Å²) >= 11 is 0. The van der Waals surface area contributed by atoms with Gasteiger partial charge in [0.1, 0.15) is 0 Å². The summed E-state index contributed by atoms with van der Waals surface area (Å²) < 4.78 is 31.7. The Bertz CT molecular complexity index is 288. The van der Waals surface area contributed by atoms with Gasteiger partial charge < -0.3 is 5.11 Å². The molecule has 0 rings (SSSR count). The standard InChI is InChI=1S/C14H30O4S/c1-2-3-4-5-6-8-11-14(19(16,17)18)12-9-7-10-13-15/h14-15H,2-13H2,1H3,(H,16,17,18). The van der Waals surface area contributed by atoms with E-state index in [0.717, 1.165) is 32.1 Å². The minimum Gasteiger partial charge on any atom is -0.396 e. The fraction of sp³-hybridized carbons (Fsp3) is 1.00. The molecule has 0 aromatic heterocycles. The highest BCUT2D eigenvalue weighted by molar-refractivity contribution is 7.86. The lowest BCUT2D eigenvalue weighted by Gasteiger charge is -2.13. The summed E-state index contributed by atoms with van der Waals surface area (Å²) in [6.07, 6.45) is 10.1. The van der Waals surface area contributed by atoms with E-state index < -0.39 is 15.4 Å². The third-order valence-corrected chi connectivity index (χ3v) is 4.80. The first-order chi connectivity index (χ1) is 9.02. The van der Waals surface area contributed by atoms with Gasteiger partial charge >= 0.3 is 0 Å². The number of hydrogen-bond donors (Lipinski definition) is 2. The van der Waals surface area contributed by atoms with Crippen LogP contribution in [-0.4, -0.2) is 29.9 Å². The van der Waals surface area contributed by atoms with E-state index in [-0.39, 0.29) is 6.61 Å². The Hall–Kier alpha value is -0.130. The summed E-state index contributed by atoms with van der Waals surface area (Å²) in [6, 6.07) is 0. The minimum absolute atomic E-state index is 0.147. The average Bonchev–Trinajstić information content (AvgIpc) is 2.34. The van der Waals surface area contributed by atoms with Crippen LogP contribution in [0.5, 0.6) is 0 Å². The van der Waals surface area contributed by atoms with Crippen molar-refractivity contribution in [3.8, 4) is 0 Å². The Kier molecular flexibility index (Phi) is 11.6. The van der Waals surface area contributed by atoms with Gasteiger partial charge in [0, 0.05) is 6.61 Å². The maximum absolute atomic E-state index is 11.3. The topological polar surface area (TPSA) is 74.6 Å². The molecule has 0 aliphatic heterocycles. The highest BCUT2D eigenvalue weighted by Crippen LogP contribution is 2.18. The van der Waals surface area contributed by atoms with Crippen LogP contribution >= 0.6 is 0 Å². The zero-order chi connectivity index (χ0) is 14.6. The molecule has 2 N–H and O–H groups in total. The molecule has 4 nitrogen and oxygen atoms in total. The van der Waals surface area contributed by atoms with Crippen LogP contribution in [0.4, 0.5) is 0 Å². The first kappa shape index (κ1) is 18.9. The Labute approximate surface area is 118 Å². The second-order valence-electron chi connectivity index (χ2n) is 5.27. The van der Waals surface area contributed by atoms with Gasteiger partial charge in [0.25, 0.3) is 10.1 Å². The van der Waals surface area contributed by atoms with E-state index in [9.17, 15) is 13.0 Å². The molecule has 0 aliphatic carbocycles. The second kappa shape index (κ2) is 11.7. The lowest BCUT2D eigenvalue weighted by molar-refractivity contribution is 0.282. The van der Waals surface area contributed by atoms with Gasteiger partial charge in [-0.15, -0.1) is 0 Å². The van der Waals surface area contributed by atoms with Gasteiger partial charge in [0.05, 0.1) is 5.25 Å². The predicted octanol–water partition coefficient (Wildman–Crippen LogP) is 3.55. The lowest BCUT2D eigenvalue weighted by atomic mass is 10.0. The summed E-state index contributed by atoms with van der Waals surface area (Å²) in [7, 11) is -3.91. The number of unbranched alkanes of at least 4 members (excludes halogenated alkanes) is 7. The van der Waals surface area contributed by atoms with E-state index in [4.69, 9.17) is 5.11 Å². The van der Waals surface area contributed by atoms with Gasteiger partial charge in [0.2, 0.25) is 0 Å². The van der Waals surface area contributed by atoms with Crippen molar-refractivity contribution in [2.24, 2.45) is 0 Å². The Balaban J connectivity index is 3.82. The van der Waals surface area contributed by atoms with Crippen molar-refractivity contribution in [2.45, 2.75) is 82.8 Å². The van der Waals surface area contributed by atoms with Crippen LogP contribution < -0.4 is 0 Å². The number of aliphatic hydroxyl groups is 1. The molecule has 0 aromatic carbocycles. The van der Waals surface area contributed by atoms with Crippen LogP contribution in [0.3, 0.4) is 0 Å². The SMILES string of the molecule is CCCCCCCCC(CCCCCO)S(=O)(=O)O. The highest BCUT2D eigenvalue weighted by atomic mass is 32.2. The van der Waals surface area contributed by atoms with E-state index in [1.54, 1.807) is 0 Å². The van der Waals surface area contributed by atoms with Crippen molar-refractivity contribution in [3.05, 3.63) is 0 Å². The number of rotatable bonds is 13. The first-order valence-corrected chi connectivity index (χ1v) is 9.09. The maximum Gasteiger partial charge on any atom is 0.267 e. The van der Waals surface area contributed by atoms with E-state index >= 15 is 0 Å². The van der Waals surface area contributed by atoms with Gasteiger partial charge in [-0.25, -0.2) is 0 Å². The lowest BCUT2D eigenvalue weighted by Crippen LogP contribution is -2.20. The molecule has 0 aromatic rings. The molecular weight excluding hydrogens is 264 g/mol. The molecule has 19 heavy (non-hydrogen) atoms. The quantitative estimate of drug-likeness (QED) is 0.402. The summed E-state index contributed by atoms with van der Waals surface area (Å²) in [6.45, 7) is 2.31. The third kappa shape index (κ3) is 11.4. The monoisotopic (exact) mass is 294 g/mol. The molecule has 0 amide bonds. The summed E-state index contributed by atoms with van der Waals surface area (Å²) in [5, 5.41) is 8.05. The third-order valence-electron chi connectivity index (χ3n) is 3.49. The molecule has 1 atom stereocenters. The van der Waals surface area contributed by atoms with Crippen molar-refractivity contribution >= 4 is 10.1 Å².